The van der Waals surface area contributed by atoms with E-state index in [1.165, 1.54) is 53.0 Å². The number of carbonyl (C=O) groups is 3. The highest BCUT2D eigenvalue weighted by Crippen LogP contribution is 2.39. The standard InChI is InChI=1S/C33H45N3O10S.C32H42N2O10S/c1-22(35-41-4)12-14-33(2,3)20-36(47(39,40)24-10-11-28-29(17-24)45-21-44-28)18-27(37)26(16-23-8-6-5-7-9-23)34-32(38)46-30-19-43-31-25(30)13-15-42-31;1-21(35)11-13-32(2,3)19-34(45(38,39)23-9-10-27-28(16-23)43-20-42-27)17-26(36)25(15-22-7-5-4-6-8-22)33-31(37)44-29-18-41-30-24(29)12-14-40-30/h5-11,17,25-27,30-31,37H,12-16,18-21H2,1-4H3,(H,34,38);4-10,16,24-26,29-30,36H,11-15,17-20H2,1-3H3,(H,33,37)/b35-22+;/t25?,26-,27?,30?,31?;24?,25-,26?,29?,30?/m00/s1. The number of amides is 2. The summed E-state index contributed by atoms with van der Waals surface area (Å²) in [5.74, 6) is 1.42. The minimum absolute atomic E-state index is 0.00101. The largest absolute Gasteiger partial charge is 0.454 e. The van der Waals surface area contributed by atoms with Crippen molar-refractivity contribution in [3.8, 4) is 23.0 Å². The maximum Gasteiger partial charge on any atom is 0.407 e. The van der Waals surface area contributed by atoms with Gasteiger partial charge in [-0.25, -0.2) is 26.4 Å². The van der Waals surface area contributed by atoms with Gasteiger partial charge in [0.15, 0.2) is 35.6 Å². The lowest BCUT2D eigenvalue weighted by Crippen LogP contribution is -2.52. The molecule has 0 saturated carbocycles. The number of alkyl carbamates (subject to hydrolysis) is 2. The minimum Gasteiger partial charge on any atom is -0.454 e. The fourth-order valence-electron chi connectivity index (χ4n) is 11.9. The predicted molar refractivity (Wildman–Crippen MR) is 334 cm³/mol. The number of fused-ring (bicyclic) bond motifs is 4. The summed E-state index contributed by atoms with van der Waals surface area (Å²) < 4.78 is 115. The average Bonchev–Trinajstić information content (AvgIpc) is 1.08. The van der Waals surface area contributed by atoms with Crippen LogP contribution in [-0.2, 0) is 70.9 Å². The molecule has 4 fully saturated rings. The maximum absolute atomic E-state index is 14.3. The molecule has 25 nitrogen and oxygen atoms in total. The summed E-state index contributed by atoms with van der Waals surface area (Å²) in [6.07, 6.45) is -2.02. The normalized spacial score (nSPS) is 22.2. The number of aliphatic hydroxyl groups is 2. The number of rotatable bonds is 29. The Morgan fingerprint density at radius 1 is 0.598 bits per heavy atom. The molecule has 4 aromatic carbocycles. The molecule has 6 aliphatic heterocycles. The van der Waals surface area contributed by atoms with Crippen molar-refractivity contribution in [2.24, 2.45) is 27.8 Å². The van der Waals surface area contributed by atoms with Gasteiger partial charge in [0, 0.05) is 44.7 Å². The van der Waals surface area contributed by atoms with Crippen molar-refractivity contribution < 1.29 is 93.6 Å². The van der Waals surface area contributed by atoms with Crippen LogP contribution in [0, 0.1) is 22.7 Å². The number of oxime groups is 1. The number of nitrogens with zero attached hydrogens (tertiary/aromatic N) is 3. The van der Waals surface area contributed by atoms with E-state index in [2.05, 4.69) is 15.8 Å². The molecule has 10 rings (SSSR count). The van der Waals surface area contributed by atoms with Crippen LogP contribution in [0.1, 0.15) is 91.2 Å². The molecule has 504 valence electrons. The van der Waals surface area contributed by atoms with Crippen molar-refractivity contribution in [3.05, 3.63) is 108 Å². The van der Waals surface area contributed by atoms with Crippen LogP contribution in [-0.4, -0.2) is 182 Å². The maximum atomic E-state index is 14.3. The smallest absolute Gasteiger partial charge is 0.407 e. The lowest BCUT2D eigenvalue weighted by molar-refractivity contribution is -0.117. The van der Waals surface area contributed by atoms with Crippen LogP contribution in [0.4, 0.5) is 9.59 Å². The molecule has 8 unspecified atom stereocenters. The van der Waals surface area contributed by atoms with Crippen LogP contribution in [0.3, 0.4) is 0 Å². The van der Waals surface area contributed by atoms with Gasteiger partial charge >= 0.3 is 12.2 Å². The first kappa shape index (κ1) is 69.7. The number of Topliss-reactive ketones (excluding diaryl/α,β-unsaturated/α-hetero) is 1. The molecule has 10 atom stereocenters. The molecule has 0 radical (unpaired) electrons. The third kappa shape index (κ3) is 18.6. The summed E-state index contributed by atoms with van der Waals surface area (Å²) in [4.78, 5) is 43.0. The van der Waals surface area contributed by atoms with Crippen LogP contribution in [0.2, 0.25) is 0 Å². The van der Waals surface area contributed by atoms with E-state index in [0.717, 1.165) is 23.3 Å². The van der Waals surface area contributed by atoms with E-state index >= 15 is 0 Å². The molecule has 92 heavy (non-hydrogen) atoms. The summed E-state index contributed by atoms with van der Waals surface area (Å²) >= 11 is 0. The van der Waals surface area contributed by atoms with Gasteiger partial charge in [0.2, 0.25) is 33.6 Å². The number of ketones is 1. The molecule has 0 aromatic heterocycles. The highest BCUT2D eigenvalue weighted by atomic mass is 32.2. The van der Waals surface area contributed by atoms with Gasteiger partial charge in [-0.1, -0.05) is 93.5 Å². The third-order valence-electron chi connectivity index (χ3n) is 17.1. The number of benzene rings is 4. The van der Waals surface area contributed by atoms with Gasteiger partial charge in [-0.05, 0) is 105 Å². The Morgan fingerprint density at radius 2 is 1.01 bits per heavy atom. The Bertz CT molecular complexity index is 3400. The molecular weight excluding hydrogens is 1230 g/mol. The van der Waals surface area contributed by atoms with E-state index in [1.807, 2.05) is 95.3 Å². The van der Waals surface area contributed by atoms with E-state index in [9.17, 15) is 41.4 Å². The predicted octanol–water partition coefficient (Wildman–Crippen LogP) is 6.96. The second-order valence-corrected chi connectivity index (χ2v) is 29.5. The number of aliphatic hydroxyl groups excluding tert-OH is 2. The van der Waals surface area contributed by atoms with E-state index in [0.29, 0.717) is 61.9 Å². The van der Waals surface area contributed by atoms with Crippen molar-refractivity contribution in [1.29, 1.82) is 0 Å². The van der Waals surface area contributed by atoms with Gasteiger partial charge in [0.1, 0.15) is 25.1 Å². The number of sulfonamides is 2. The molecule has 0 aliphatic carbocycles. The Hall–Kier alpha value is -6.66. The number of carbonyl (C=O) groups excluding carboxylic acids is 3. The van der Waals surface area contributed by atoms with Gasteiger partial charge in [-0.3, -0.25) is 0 Å². The molecule has 2 amide bonds. The highest BCUT2D eigenvalue weighted by molar-refractivity contribution is 7.89. The van der Waals surface area contributed by atoms with Crippen molar-refractivity contribution in [2.75, 3.05) is 73.3 Å². The second-order valence-electron chi connectivity index (χ2n) is 25.6. The molecule has 27 heteroatoms. The fourth-order valence-corrected chi connectivity index (χ4v) is 15.3. The van der Waals surface area contributed by atoms with Crippen LogP contribution >= 0.6 is 0 Å². The second kappa shape index (κ2) is 31.1. The number of hydrogen-bond donors (Lipinski definition) is 4. The van der Waals surface area contributed by atoms with Gasteiger partial charge < -0.3 is 77.8 Å². The van der Waals surface area contributed by atoms with Crippen LogP contribution < -0.4 is 29.6 Å². The van der Waals surface area contributed by atoms with Gasteiger partial charge in [-0.2, -0.15) is 8.61 Å². The SMILES string of the molecule is CC(=O)CCC(C)(C)CN(CC(O)[C@H](Cc1ccccc1)NC(=O)OC1COC2OCCC12)S(=O)(=O)c1ccc2c(c1)OCO2.CO/N=C(\C)CCC(C)(C)CN(CC(O)[C@H](Cc1ccccc1)NC(=O)OC1COC2OCCC12)S(=O)(=O)c1ccc2c(c1)OCO2. The molecule has 6 aliphatic rings. The quantitative estimate of drug-likeness (QED) is 0.0315. The summed E-state index contributed by atoms with van der Waals surface area (Å²) in [6, 6.07) is 25.7. The Labute approximate surface area is 538 Å². The monoisotopic (exact) mass is 1320 g/mol. The number of nitrogens with one attached hydrogen (secondary N) is 2. The Balaban J connectivity index is 0.000000218. The van der Waals surface area contributed by atoms with Crippen LogP contribution in [0.15, 0.2) is 112 Å². The molecular formula is C65H87N5O20S2. The highest BCUT2D eigenvalue weighted by Gasteiger charge is 2.46. The lowest BCUT2D eigenvalue weighted by Gasteiger charge is -2.35. The van der Waals surface area contributed by atoms with Crippen molar-refractivity contribution >= 4 is 43.7 Å². The molecule has 6 heterocycles. The molecule has 4 aromatic rings. The van der Waals surface area contributed by atoms with Crippen molar-refractivity contribution in [2.45, 2.75) is 152 Å². The molecule has 0 spiro atoms. The first-order chi connectivity index (χ1) is 43.9. The van der Waals surface area contributed by atoms with E-state index < -0.39 is 85.9 Å². The zero-order chi connectivity index (χ0) is 65.8. The summed E-state index contributed by atoms with van der Waals surface area (Å²) in [5, 5.41) is 33.0. The molecule has 0 bridgehead atoms. The topological polar surface area (TPSA) is 304 Å². The van der Waals surface area contributed by atoms with Gasteiger partial charge in [-0.15, -0.1) is 0 Å². The average molecular weight is 1320 g/mol. The first-order valence-electron chi connectivity index (χ1n) is 31.1. The minimum atomic E-state index is -4.17. The van der Waals surface area contributed by atoms with Gasteiger partial charge in [0.05, 0.1) is 78.1 Å². The van der Waals surface area contributed by atoms with Crippen molar-refractivity contribution in [3.63, 3.8) is 0 Å². The van der Waals surface area contributed by atoms with Crippen LogP contribution in [0.25, 0.3) is 0 Å². The van der Waals surface area contributed by atoms with E-state index in [1.54, 1.807) is 6.07 Å². The summed E-state index contributed by atoms with van der Waals surface area (Å²) in [7, 11) is -6.85. The van der Waals surface area contributed by atoms with E-state index in [-0.39, 0.29) is 106 Å². The van der Waals surface area contributed by atoms with Crippen molar-refractivity contribution in [1.82, 2.24) is 19.2 Å². The van der Waals surface area contributed by atoms with Gasteiger partial charge in [0.25, 0.3) is 0 Å². The van der Waals surface area contributed by atoms with Crippen LogP contribution in [0.5, 0.6) is 23.0 Å². The Kier molecular flexibility index (Phi) is 23.5. The first-order valence-corrected chi connectivity index (χ1v) is 33.9. The summed E-state index contributed by atoms with van der Waals surface area (Å²) in [5.41, 5.74) is 1.32. The lowest BCUT2D eigenvalue weighted by atomic mass is 9.86. The fraction of sp³-hybridized carbons (Fsp3) is 0.569. The summed E-state index contributed by atoms with van der Waals surface area (Å²) in [6.45, 7) is 12.0. The zero-order valence-corrected chi connectivity index (χ0v) is 54.8. The van der Waals surface area contributed by atoms with E-state index in [4.69, 9.17) is 52.2 Å². The molecule has 4 N–H and O–H groups in total. The number of hydrogen-bond acceptors (Lipinski definition) is 21. The zero-order valence-electron chi connectivity index (χ0n) is 53.1. The Morgan fingerprint density at radius 3 is 1.42 bits per heavy atom. The third-order valence-corrected chi connectivity index (χ3v) is 20.8. The number of ether oxygens (including phenoxy) is 10. The molecule has 4 saturated heterocycles.